The van der Waals surface area contributed by atoms with Crippen LogP contribution in [0.3, 0.4) is 0 Å². The predicted octanol–water partition coefficient (Wildman–Crippen LogP) is 3.80. The van der Waals surface area contributed by atoms with E-state index in [0.29, 0.717) is 12.4 Å². The zero-order valence-electron chi connectivity index (χ0n) is 14.8. The minimum absolute atomic E-state index is 0.0582. The predicted molar refractivity (Wildman–Crippen MR) is 83.9 cm³/mol. The molecule has 1 aromatic heterocycles. The Balaban J connectivity index is 2.74. The summed E-state index contributed by atoms with van der Waals surface area (Å²) >= 11 is 0. The first-order valence-electron chi connectivity index (χ1n) is 7.70. The third-order valence-electron chi connectivity index (χ3n) is 3.03. The van der Waals surface area contributed by atoms with Crippen molar-refractivity contribution in [2.24, 2.45) is 0 Å². The fraction of sp³-hybridized carbons (Fsp3) is 0.667. The van der Waals surface area contributed by atoms with E-state index in [0.717, 1.165) is 4.90 Å². The molecule has 1 amide bonds. The molecule has 0 unspecified atom stereocenters. The maximum Gasteiger partial charge on any atom is 0.419 e. The van der Waals surface area contributed by atoms with Crippen LogP contribution in [-0.2, 0) is 10.9 Å². The summed E-state index contributed by atoms with van der Waals surface area (Å²) in [7, 11) is 0. The highest BCUT2D eigenvalue weighted by Crippen LogP contribution is 2.28. The SMILES string of the molecule is C[C@@H](CNc1ncc(C(F)(F)F)cn1)N(CC(F)F)C(=O)OC(C)(C)C. The highest BCUT2D eigenvalue weighted by molar-refractivity contribution is 5.68. The molecule has 1 atom stereocenters. The van der Waals surface area contributed by atoms with Crippen LogP contribution in [-0.4, -0.2) is 52.1 Å². The Kier molecular flexibility index (Phi) is 7.10. The van der Waals surface area contributed by atoms with Gasteiger partial charge in [-0.2, -0.15) is 13.2 Å². The topological polar surface area (TPSA) is 67.4 Å². The molecular formula is C15H21F5N4O2. The molecular weight excluding hydrogens is 363 g/mol. The zero-order valence-corrected chi connectivity index (χ0v) is 14.8. The number of nitrogens with zero attached hydrogens (tertiary/aromatic N) is 3. The van der Waals surface area contributed by atoms with E-state index in [1.807, 2.05) is 0 Å². The molecule has 0 aliphatic carbocycles. The lowest BCUT2D eigenvalue weighted by atomic mass is 10.2. The van der Waals surface area contributed by atoms with Crippen molar-refractivity contribution >= 4 is 12.0 Å². The van der Waals surface area contributed by atoms with Crippen LogP contribution in [0, 0.1) is 0 Å². The number of carbonyl (C=O) groups is 1. The summed E-state index contributed by atoms with van der Waals surface area (Å²) in [5.41, 5.74) is -1.87. The summed E-state index contributed by atoms with van der Waals surface area (Å²) < 4.78 is 68.0. The molecule has 0 saturated carbocycles. The largest absolute Gasteiger partial charge is 0.444 e. The average molecular weight is 384 g/mol. The Morgan fingerprint density at radius 1 is 1.23 bits per heavy atom. The quantitative estimate of drug-likeness (QED) is 0.756. The number of hydrogen-bond acceptors (Lipinski definition) is 5. The standard InChI is InChI=1S/C15H21F5N4O2/c1-9(24(8-11(16)17)13(25)26-14(2,3)4)5-21-12-22-6-10(7-23-12)15(18,19)20/h6-7,9,11H,5,8H2,1-4H3,(H,21,22,23)/t9-/m0/s1. The summed E-state index contributed by atoms with van der Waals surface area (Å²) in [5, 5.41) is 2.61. The van der Waals surface area contributed by atoms with Gasteiger partial charge in [-0.25, -0.2) is 23.5 Å². The number of hydrogen-bond donors (Lipinski definition) is 1. The average Bonchev–Trinajstić information content (AvgIpc) is 2.47. The van der Waals surface area contributed by atoms with Crippen LogP contribution in [0.4, 0.5) is 32.7 Å². The van der Waals surface area contributed by atoms with Gasteiger partial charge in [0.05, 0.1) is 12.1 Å². The second kappa shape index (κ2) is 8.45. The molecule has 148 valence electrons. The van der Waals surface area contributed by atoms with E-state index in [2.05, 4.69) is 15.3 Å². The first-order valence-corrected chi connectivity index (χ1v) is 7.70. The lowest BCUT2D eigenvalue weighted by molar-refractivity contribution is -0.138. The van der Waals surface area contributed by atoms with Gasteiger partial charge in [-0.3, -0.25) is 4.90 Å². The monoisotopic (exact) mass is 384 g/mol. The van der Waals surface area contributed by atoms with Crippen molar-refractivity contribution in [2.45, 2.75) is 51.9 Å². The summed E-state index contributed by atoms with van der Waals surface area (Å²) in [4.78, 5) is 20.0. The van der Waals surface area contributed by atoms with Crippen LogP contribution in [0.5, 0.6) is 0 Å². The number of rotatable bonds is 6. The van der Waals surface area contributed by atoms with Gasteiger partial charge in [0.15, 0.2) is 0 Å². The molecule has 0 bridgehead atoms. The summed E-state index contributed by atoms with van der Waals surface area (Å²) in [5.74, 6) is -0.119. The highest BCUT2D eigenvalue weighted by Gasteiger charge is 2.31. The molecule has 1 rings (SSSR count). The molecule has 1 N–H and O–H groups in total. The number of ether oxygens (including phenoxy) is 1. The molecule has 0 aromatic carbocycles. The van der Waals surface area contributed by atoms with Crippen molar-refractivity contribution in [2.75, 3.05) is 18.4 Å². The minimum Gasteiger partial charge on any atom is -0.444 e. The minimum atomic E-state index is -4.56. The Morgan fingerprint density at radius 2 is 1.77 bits per heavy atom. The lowest BCUT2D eigenvalue weighted by Crippen LogP contribution is -2.47. The second-order valence-corrected chi connectivity index (χ2v) is 6.55. The smallest absolute Gasteiger partial charge is 0.419 e. The Morgan fingerprint density at radius 3 is 2.19 bits per heavy atom. The van der Waals surface area contributed by atoms with Crippen molar-refractivity contribution in [3.63, 3.8) is 0 Å². The number of carbonyl (C=O) groups excluding carboxylic acids is 1. The van der Waals surface area contributed by atoms with Gasteiger partial charge in [0, 0.05) is 25.0 Å². The molecule has 0 aliphatic heterocycles. The van der Waals surface area contributed by atoms with Gasteiger partial charge in [0.1, 0.15) is 5.60 Å². The molecule has 26 heavy (non-hydrogen) atoms. The van der Waals surface area contributed by atoms with Crippen LogP contribution in [0.25, 0.3) is 0 Å². The normalized spacial score (nSPS) is 13.5. The van der Waals surface area contributed by atoms with E-state index >= 15 is 0 Å². The van der Waals surface area contributed by atoms with E-state index in [-0.39, 0.29) is 12.5 Å². The molecule has 0 radical (unpaired) electrons. The van der Waals surface area contributed by atoms with Crippen molar-refractivity contribution < 1.29 is 31.5 Å². The van der Waals surface area contributed by atoms with Gasteiger partial charge >= 0.3 is 12.3 Å². The number of aromatic nitrogens is 2. The Bertz CT molecular complexity index is 587. The molecule has 11 heteroatoms. The van der Waals surface area contributed by atoms with Crippen LogP contribution in [0.15, 0.2) is 12.4 Å². The fourth-order valence-electron chi connectivity index (χ4n) is 1.82. The molecule has 0 saturated heterocycles. The number of halogens is 5. The second-order valence-electron chi connectivity index (χ2n) is 6.55. The maximum atomic E-state index is 12.8. The van der Waals surface area contributed by atoms with Gasteiger partial charge in [0.2, 0.25) is 5.95 Å². The maximum absolute atomic E-state index is 12.8. The Labute approximate surface area is 147 Å². The fourth-order valence-corrected chi connectivity index (χ4v) is 1.82. The van der Waals surface area contributed by atoms with E-state index in [4.69, 9.17) is 4.74 Å². The van der Waals surface area contributed by atoms with Crippen LogP contribution in [0.2, 0.25) is 0 Å². The van der Waals surface area contributed by atoms with Gasteiger partial charge in [0.25, 0.3) is 6.43 Å². The molecule has 6 nitrogen and oxygen atoms in total. The molecule has 0 aliphatic rings. The summed E-state index contributed by atoms with van der Waals surface area (Å²) in [6.45, 7) is 5.39. The Hall–Kier alpha value is -2.20. The molecule has 1 aromatic rings. The third kappa shape index (κ3) is 7.36. The van der Waals surface area contributed by atoms with E-state index in [9.17, 15) is 26.7 Å². The van der Waals surface area contributed by atoms with Crippen molar-refractivity contribution in [1.29, 1.82) is 0 Å². The van der Waals surface area contributed by atoms with Crippen LogP contribution in [0.1, 0.15) is 33.3 Å². The third-order valence-corrected chi connectivity index (χ3v) is 3.03. The van der Waals surface area contributed by atoms with Crippen molar-refractivity contribution in [3.8, 4) is 0 Å². The van der Waals surface area contributed by atoms with E-state index < -0.39 is 42.4 Å². The first kappa shape index (κ1) is 21.8. The number of anilines is 1. The molecule has 0 fully saturated rings. The summed E-state index contributed by atoms with van der Waals surface area (Å²) in [6.07, 6.45) is -7.04. The highest BCUT2D eigenvalue weighted by atomic mass is 19.4. The van der Waals surface area contributed by atoms with Gasteiger partial charge in [-0.15, -0.1) is 0 Å². The van der Waals surface area contributed by atoms with Gasteiger partial charge < -0.3 is 10.1 Å². The summed E-state index contributed by atoms with van der Waals surface area (Å²) in [6, 6.07) is -0.746. The van der Waals surface area contributed by atoms with E-state index in [1.54, 1.807) is 20.8 Å². The zero-order chi connectivity index (χ0) is 20.1. The van der Waals surface area contributed by atoms with Gasteiger partial charge in [-0.05, 0) is 27.7 Å². The number of amides is 1. The molecule has 0 spiro atoms. The molecule has 1 heterocycles. The number of alkyl halides is 5. The van der Waals surface area contributed by atoms with Crippen LogP contribution >= 0.6 is 0 Å². The van der Waals surface area contributed by atoms with E-state index in [1.165, 1.54) is 6.92 Å². The van der Waals surface area contributed by atoms with Crippen molar-refractivity contribution in [1.82, 2.24) is 14.9 Å². The number of nitrogens with one attached hydrogen (secondary N) is 1. The lowest BCUT2D eigenvalue weighted by Gasteiger charge is -2.31. The van der Waals surface area contributed by atoms with Crippen LogP contribution < -0.4 is 5.32 Å². The van der Waals surface area contributed by atoms with Crippen molar-refractivity contribution in [3.05, 3.63) is 18.0 Å². The van der Waals surface area contributed by atoms with Gasteiger partial charge in [-0.1, -0.05) is 0 Å². The first-order chi connectivity index (χ1) is 11.8.